The summed E-state index contributed by atoms with van der Waals surface area (Å²) < 4.78 is 0. The molecule has 90 valence electrons. The highest BCUT2D eigenvalue weighted by molar-refractivity contribution is 6.06. The molecule has 0 atom stereocenters. The van der Waals surface area contributed by atoms with Gasteiger partial charge in [0.15, 0.2) is 5.69 Å². The average Bonchev–Trinajstić information content (AvgIpc) is 2.29. The van der Waals surface area contributed by atoms with E-state index in [9.17, 15) is 9.59 Å². The molecule has 0 aliphatic carbocycles. The van der Waals surface area contributed by atoms with Gasteiger partial charge in [0.25, 0.3) is 5.91 Å². The third kappa shape index (κ3) is 3.41. The van der Waals surface area contributed by atoms with E-state index in [1.165, 1.54) is 12.3 Å². The minimum absolute atomic E-state index is 0.162. The van der Waals surface area contributed by atoms with Crippen molar-refractivity contribution < 1.29 is 14.7 Å². The fraction of sp³-hybridized carbons (Fsp3) is 0.250. The van der Waals surface area contributed by atoms with Crippen molar-refractivity contribution in [1.82, 2.24) is 4.98 Å². The van der Waals surface area contributed by atoms with Gasteiger partial charge >= 0.3 is 5.97 Å². The number of allylic oxidation sites excluding steroid dienone is 1. The first-order chi connectivity index (χ1) is 8.06. The number of carbonyl (C=O) groups excluding carboxylic acids is 1. The number of aromatic carboxylic acids is 1. The normalized spacial score (nSPS) is 11.1. The zero-order valence-corrected chi connectivity index (χ0v) is 9.73. The molecule has 1 rings (SSSR count). The number of carbonyl (C=O) groups is 2. The molecule has 0 bridgehead atoms. The molecule has 0 unspecified atom stereocenters. The van der Waals surface area contributed by atoms with E-state index in [4.69, 9.17) is 5.11 Å². The van der Waals surface area contributed by atoms with Gasteiger partial charge in [0, 0.05) is 11.8 Å². The number of rotatable bonds is 4. The Morgan fingerprint density at radius 3 is 2.82 bits per heavy atom. The molecule has 0 saturated carbocycles. The van der Waals surface area contributed by atoms with Gasteiger partial charge in [-0.3, -0.25) is 4.79 Å². The topological polar surface area (TPSA) is 79.3 Å². The number of hydrogen-bond acceptors (Lipinski definition) is 3. The molecule has 1 amide bonds. The Bertz CT molecular complexity index is 467. The Balaban J connectivity index is 2.92. The Morgan fingerprint density at radius 2 is 2.24 bits per heavy atom. The van der Waals surface area contributed by atoms with Gasteiger partial charge < -0.3 is 10.4 Å². The van der Waals surface area contributed by atoms with Crippen LogP contribution >= 0.6 is 0 Å². The van der Waals surface area contributed by atoms with Crippen LogP contribution in [0, 0.1) is 0 Å². The minimum atomic E-state index is -1.17. The standard InChI is InChI=1S/C12H14N2O3/c1-3-5-8(2)11(15)14-9-6-4-7-13-10(9)12(16)17/h4-7H,3H2,1-2H3,(H,14,15)(H,16,17)/b8-5-. The van der Waals surface area contributed by atoms with Crippen LogP contribution < -0.4 is 5.32 Å². The van der Waals surface area contributed by atoms with Crippen molar-refractivity contribution in [2.75, 3.05) is 5.32 Å². The van der Waals surface area contributed by atoms with Gasteiger partial charge in [0.05, 0.1) is 5.69 Å². The molecular weight excluding hydrogens is 220 g/mol. The van der Waals surface area contributed by atoms with Crippen molar-refractivity contribution >= 4 is 17.6 Å². The molecule has 1 aromatic rings. The highest BCUT2D eigenvalue weighted by atomic mass is 16.4. The molecular formula is C12H14N2O3. The molecule has 0 aliphatic rings. The summed E-state index contributed by atoms with van der Waals surface area (Å²) in [6.07, 6.45) is 3.89. The highest BCUT2D eigenvalue weighted by Crippen LogP contribution is 2.13. The van der Waals surface area contributed by atoms with Crippen molar-refractivity contribution in [1.29, 1.82) is 0 Å². The number of anilines is 1. The van der Waals surface area contributed by atoms with Crippen LogP contribution in [0.4, 0.5) is 5.69 Å². The van der Waals surface area contributed by atoms with E-state index in [0.29, 0.717) is 5.57 Å². The van der Waals surface area contributed by atoms with Gasteiger partial charge in [0.2, 0.25) is 0 Å². The van der Waals surface area contributed by atoms with Crippen LogP contribution in [0.3, 0.4) is 0 Å². The number of pyridine rings is 1. The zero-order chi connectivity index (χ0) is 12.8. The van der Waals surface area contributed by atoms with Crippen LogP contribution in [0.5, 0.6) is 0 Å². The monoisotopic (exact) mass is 234 g/mol. The maximum Gasteiger partial charge on any atom is 0.356 e. The maximum atomic E-state index is 11.7. The number of carboxylic acids is 1. The summed E-state index contributed by atoms with van der Waals surface area (Å²) >= 11 is 0. The largest absolute Gasteiger partial charge is 0.476 e. The van der Waals surface area contributed by atoms with Crippen molar-refractivity contribution in [2.24, 2.45) is 0 Å². The van der Waals surface area contributed by atoms with Crippen molar-refractivity contribution in [3.05, 3.63) is 35.7 Å². The van der Waals surface area contributed by atoms with E-state index in [2.05, 4.69) is 10.3 Å². The van der Waals surface area contributed by atoms with Gasteiger partial charge in [-0.1, -0.05) is 13.0 Å². The summed E-state index contributed by atoms with van der Waals surface area (Å²) in [4.78, 5) is 26.3. The van der Waals surface area contributed by atoms with Crippen molar-refractivity contribution in [2.45, 2.75) is 20.3 Å². The van der Waals surface area contributed by atoms with Gasteiger partial charge in [-0.25, -0.2) is 9.78 Å². The highest BCUT2D eigenvalue weighted by Gasteiger charge is 2.13. The summed E-state index contributed by atoms with van der Waals surface area (Å²) in [6, 6.07) is 3.08. The summed E-state index contributed by atoms with van der Waals surface area (Å²) in [6.45, 7) is 3.60. The van der Waals surface area contributed by atoms with Gasteiger partial charge in [-0.2, -0.15) is 0 Å². The lowest BCUT2D eigenvalue weighted by Crippen LogP contribution is -2.16. The van der Waals surface area contributed by atoms with Crippen molar-refractivity contribution in [3.63, 3.8) is 0 Å². The molecule has 0 saturated heterocycles. The number of carboxylic acid groups (broad SMARTS) is 1. The second-order valence-electron chi connectivity index (χ2n) is 3.45. The molecule has 2 N–H and O–H groups in total. The number of nitrogens with one attached hydrogen (secondary N) is 1. The fourth-order valence-corrected chi connectivity index (χ4v) is 1.30. The van der Waals surface area contributed by atoms with E-state index in [1.807, 2.05) is 6.92 Å². The molecule has 0 aliphatic heterocycles. The zero-order valence-electron chi connectivity index (χ0n) is 9.73. The predicted molar refractivity (Wildman–Crippen MR) is 63.9 cm³/mol. The number of aromatic nitrogens is 1. The fourth-order valence-electron chi connectivity index (χ4n) is 1.30. The van der Waals surface area contributed by atoms with Gasteiger partial charge in [-0.15, -0.1) is 0 Å². The lowest BCUT2D eigenvalue weighted by atomic mass is 10.2. The summed E-state index contributed by atoms with van der Waals surface area (Å²) in [5.41, 5.74) is 0.590. The molecule has 5 nitrogen and oxygen atoms in total. The smallest absolute Gasteiger partial charge is 0.356 e. The van der Waals surface area contributed by atoms with E-state index < -0.39 is 5.97 Å². The Labute approximate surface area is 99.2 Å². The third-order valence-corrected chi connectivity index (χ3v) is 2.13. The van der Waals surface area contributed by atoms with Crippen molar-refractivity contribution in [3.8, 4) is 0 Å². The molecule has 0 spiro atoms. The van der Waals surface area contributed by atoms with Crippen LogP contribution in [0.1, 0.15) is 30.8 Å². The van der Waals surface area contributed by atoms with Crippen LogP contribution in [-0.2, 0) is 4.79 Å². The van der Waals surface area contributed by atoms with Crippen LogP contribution in [0.25, 0.3) is 0 Å². The first kappa shape index (κ1) is 12.9. The number of hydrogen-bond donors (Lipinski definition) is 2. The minimum Gasteiger partial charge on any atom is -0.476 e. The quantitative estimate of drug-likeness (QED) is 0.781. The Hall–Kier alpha value is -2.17. The lowest BCUT2D eigenvalue weighted by Gasteiger charge is -2.07. The van der Waals surface area contributed by atoms with E-state index in [0.717, 1.165) is 6.42 Å². The molecule has 1 aromatic heterocycles. The van der Waals surface area contributed by atoms with E-state index in [1.54, 1.807) is 19.1 Å². The predicted octanol–water partition coefficient (Wildman–Crippen LogP) is 2.07. The Kier molecular flexibility index (Phi) is 4.39. The number of amides is 1. The van der Waals surface area contributed by atoms with Gasteiger partial charge in [-0.05, 0) is 25.5 Å². The molecule has 17 heavy (non-hydrogen) atoms. The van der Waals surface area contributed by atoms with Crippen LogP contribution in [-0.4, -0.2) is 22.0 Å². The van der Waals surface area contributed by atoms with Crippen LogP contribution in [0.2, 0.25) is 0 Å². The second kappa shape index (κ2) is 5.79. The average molecular weight is 234 g/mol. The lowest BCUT2D eigenvalue weighted by molar-refractivity contribution is -0.112. The number of nitrogens with zero attached hydrogens (tertiary/aromatic N) is 1. The van der Waals surface area contributed by atoms with E-state index in [-0.39, 0.29) is 17.3 Å². The molecule has 5 heteroatoms. The van der Waals surface area contributed by atoms with E-state index >= 15 is 0 Å². The first-order valence-corrected chi connectivity index (χ1v) is 5.22. The van der Waals surface area contributed by atoms with Gasteiger partial charge in [0.1, 0.15) is 0 Å². The molecule has 0 radical (unpaired) electrons. The molecule has 0 aromatic carbocycles. The van der Waals surface area contributed by atoms with Crippen LogP contribution in [0.15, 0.2) is 30.0 Å². The third-order valence-electron chi connectivity index (χ3n) is 2.13. The molecule has 0 fully saturated rings. The summed E-state index contributed by atoms with van der Waals surface area (Å²) in [5, 5.41) is 11.4. The summed E-state index contributed by atoms with van der Waals surface area (Å²) in [5.74, 6) is -1.49. The first-order valence-electron chi connectivity index (χ1n) is 5.22. The molecule has 1 heterocycles. The SMILES string of the molecule is CC/C=C(/C)C(=O)Nc1cccnc1C(=O)O. The Morgan fingerprint density at radius 1 is 1.53 bits per heavy atom. The summed E-state index contributed by atoms with van der Waals surface area (Å²) in [7, 11) is 0. The second-order valence-corrected chi connectivity index (χ2v) is 3.45. The maximum absolute atomic E-state index is 11.7.